The average Bonchev–Trinajstić information content (AvgIpc) is 2.94. The summed E-state index contributed by atoms with van der Waals surface area (Å²) in [5.74, 6) is 1.32. The van der Waals surface area contributed by atoms with Gasteiger partial charge >= 0.3 is 0 Å². The van der Waals surface area contributed by atoms with Crippen LogP contribution in [0.5, 0.6) is 0 Å². The van der Waals surface area contributed by atoms with Crippen LogP contribution >= 0.6 is 0 Å². The second-order valence-corrected chi connectivity index (χ2v) is 6.50. The van der Waals surface area contributed by atoms with Crippen molar-refractivity contribution in [2.75, 3.05) is 11.9 Å². The van der Waals surface area contributed by atoms with E-state index in [0.717, 1.165) is 29.9 Å². The molecule has 1 aliphatic carbocycles. The Morgan fingerprint density at radius 1 is 1.33 bits per heavy atom. The molecule has 0 spiro atoms. The monoisotopic (exact) mass is 287 g/mol. The quantitative estimate of drug-likeness (QED) is 0.907. The van der Waals surface area contributed by atoms with E-state index in [1.165, 1.54) is 19.3 Å². The maximum absolute atomic E-state index is 6.07. The number of rotatable bonds is 4. The van der Waals surface area contributed by atoms with E-state index in [2.05, 4.69) is 35.3 Å². The molecule has 0 aliphatic heterocycles. The third kappa shape index (κ3) is 2.75. The van der Waals surface area contributed by atoms with Crippen LogP contribution in [0.2, 0.25) is 0 Å². The molecule has 0 amide bonds. The highest BCUT2D eigenvalue weighted by atomic mass is 15.2. The lowest BCUT2D eigenvalue weighted by molar-refractivity contribution is 0.330. The third-order valence-corrected chi connectivity index (χ3v) is 4.59. The lowest BCUT2D eigenvalue weighted by Gasteiger charge is -2.37. The molecule has 3 rings (SSSR count). The molecule has 1 fully saturated rings. The summed E-state index contributed by atoms with van der Waals surface area (Å²) < 4.78 is 1.91. The molecule has 5 nitrogen and oxygen atoms in total. The lowest BCUT2D eigenvalue weighted by Crippen LogP contribution is -2.47. The SMILES string of the molecule is CC(C)c1cc2c(NC3(CN)CCCCC3)nccn2n1. The first-order chi connectivity index (χ1) is 10.1. The van der Waals surface area contributed by atoms with E-state index in [1.54, 1.807) is 6.20 Å². The van der Waals surface area contributed by atoms with E-state index >= 15 is 0 Å². The molecule has 3 N–H and O–H groups in total. The molecule has 1 aliphatic rings. The number of nitrogens with zero attached hydrogens (tertiary/aromatic N) is 3. The van der Waals surface area contributed by atoms with Crippen LogP contribution in [0.4, 0.5) is 5.82 Å². The van der Waals surface area contributed by atoms with Gasteiger partial charge in [-0.3, -0.25) is 0 Å². The van der Waals surface area contributed by atoms with E-state index in [4.69, 9.17) is 5.73 Å². The minimum Gasteiger partial charge on any atom is -0.362 e. The predicted octanol–water partition coefficient (Wildman–Crippen LogP) is 2.93. The van der Waals surface area contributed by atoms with Gasteiger partial charge in [-0.1, -0.05) is 33.1 Å². The molecule has 2 heterocycles. The van der Waals surface area contributed by atoms with Crippen LogP contribution in [-0.2, 0) is 0 Å². The van der Waals surface area contributed by atoms with Crippen molar-refractivity contribution in [2.24, 2.45) is 5.73 Å². The van der Waals surface area contributed by atoms with Crippen molar-refractivity contribution in [3.8, 4) is 0 Å². The molecule has 0 aromatic carbocycles. The van der Waals surface area contributed by atoms with Crippen molar-refractivity contribution in [1.82, 2.24) is 14.6 Å². The number of anilines is 1. The minimum atomic E-state index is -0.00461. The van der Waals surface area contributed by atoms with Gasteiger partial charge in [0, 0.05) is 18.9 Å². The summed E-state index contributed by atoms with van der Waals surface area (Å²) in [4.78, 5) is 4.54. The molecule has 0 atom stereocenters. The van der Waals surface area contributed by atoms with E-state index in [9.17, 15) is 0 Å². The summed E-state index contributed by atoms with van der Waals surface area (Å²) >= 11 is 0. The molecule has 0 unspecified atom stereocenters. The Hall–Kier alpha value is -1.62. The van der Waals surface area contributed by atoms with Crippen molar-refractivity contribution >= 4 is 11.3 Å². The van der Waals surface area contributed by atoms with Crippen molar-refractivity contribution < 1.29 is 0 Å². The van der Waals surface area contributed by atoms with Crippen LogP contribution in [0.1, 0.15) is 57.6 Å². The number of hydrogen-bond donors (Lipinski definition) is 2. The summed E-state index contributed by atoms with van der Waals surface area (Å²) in [5, 5.41) is 8.26. The van der Waals surface area contributed by atoms with Gasteiger partial charge in [0.1, 0.15) is 5.52 Å². The zero-order valence-electron chi connectivity index (χ0n) is 13.0. The van der Waals surface area contributed by atoms with Crippen molar-refractivity contribution in [3.05, 3.63) is 24.2 Å². The van der Waals surface area contributed by atoms with E-state index < -0.39 is 0 Å². The van der Waals surface area contributed by atoms with Gasteiger partial charge in [0.05, 0.1) is 11.2 Å². The zero-order valence-corrected chi connectivity index (χ0v) is 13.0. The average molecular weight is 287 g/mol. The number of nitrogens with one attached hydrogen (secondary N) is 1. The Kier molecular flexibility index (Phi) is 3.85. The molecule has 0 saturated heterocycles. The summed E-state index contributed by atoms with van der Waals surface area (Å²) in [7, 11) is 0. The molecular weight excluding hydrogens is 262 g/mol. The molecule has 21 heavy (non-hydrogen) atoms. The Labute approximate surface area is 125 Å². The summed E-state index contributed by atoms with van der Waals surface area (Å²) in [6, 6.07) is 2.13. The van der Waals surface area contributed by atoms with Crippen LogP contribution in [0.25, 0.3) is 5.52 Å². The van der Waals surface area contributed by atoms with Gasteiger partial charge in [0.2, 0.25) is 0 Å². The molecule has 1 saturated carbocycles. The van der Waals surface area contributed by atoms with Crippen LogP contribution in [0, 0.1) is 0 Å². The van der Waals surface area contributed by atoms with Crippen LogP contribution in [0.15, 0.2) is 18.5 Å². The fraction of sp³-hybridized carbons (Fsp3) is 0.625. The van der Waals surface area contributed by atoms with Gasteiger partial charge in [-0.05, 0) is 24.8 Å². The summed E-state index contributed by atoms with van der Waals surface area (Å²) in [6.45, 7) is 4.97. The molecule has 2 aromatic rings. The third-order valence-electron chi connectivity index (χ3n) is 4.59. The maximum Gasteiger partial charge on any atom is 0.152 e. The summed E-state index contributed by atoms with van der Waals surface area (Å²) in [5.41, 5.74) is 8.20. The van der Waals surface area contributed by atoms with Gasteiger partial charge < -0.3 is 11.1 Å². The van der Waals surface area contributed by atoms with E-state index in [-0.39, 0.29) is 5.54 Å². The highest BCUT2D eigenvalue weighted by Gasteiger charge is 2.31. The van der Waals surface area contributed by atoms with E-state index in [0.29, 0.717) is 12.5 Å². The van der Waals surface area contributed by atoms with Crippen molar-refractivity contribution in [1.29, 1.82) is 0 Å². The number of aromatic nitrogens is 3. The molecule has 114 valence electrons. The second kappa shape index (κ2) is 5.64. The summed E-state index contributed by atoms with van der Waals surface area (Å²) in [6.07, 6.45) is 9.75. The highest BCUT2D eigenvalue weighted by molar-refractivity contribution is 5.68. The molecule has 0 bridgehead atoms. The Bertz CT molecular complexity index is 610. The highest BCUT2D eigenvalue weighted by Crippen LogP contribution is 2.32. The first-order valence-electron chi connectivity index (χ1n) is 7.96. The number of nitrogens with two attached hydrogens (primary N) is 1. The standard InChI is InChI=1S/C16H25N5/c1-12(2)13-10-14-15(18-8-9-21(14)20-13)19-16(11-17)6-4-3-5-7-16/h8-10,12H,3-7,11,17H2,1-2H3,(H,18,19). The van der Waals surface area contributed by atoms with Crippen molar-refractivity contribution in [2.45, 2.75) is 57.4 Å². The molecule has 0 radical (unpaired) electrons. The topological polar surface area (TPSA) is 68.2 Å². The van der Waals surface area contributed by atoms with Gasteiger partial charge in [-0.25, -0.2) is 9.50 Å². The Balaban J connectivity index is 1.96. The smallest absolute Gasteiger partial charge is 0.152 e. The molecular formula is C16H25N5. The lowest BCUT2D eigenvalue weighted by atomic mass is 9.81. The maximum atomic E-state index is 6.07. The first-order valence-corrected chi connectivity index (χ1v) is 7.96. The van der Waals surface area contributed by atoms with Gasteiger partial charge in [0.25, 0.3) is 0 Å². The Morgan fingerprint density at radius 2 is 2.10 bits per heavy atom. The van der Waals surface area contributed by atoms with Crippen molar-refractivity contribution in [3.63, 3.8) is 0 Å². The number of fused-ring (bicyclic) bond motifs is 1. The fourth-order valence-electron chi connectivity index (χ4n) is 3.18. The Morgan fingerprint density at radius 3 is 2.76 bits per heavy atom. The van der Waals surface area contributed by atoms with Gasteiger partial charge in [0.15, 0.2) is 5.82 Å². The minimum absolute atomic E-state index is 0.00461. The largest absolute Gasteiger partial charge is 0.362 e. The number of hydrogen-bond acceptors (Lipinski definition) is 4. The normalized spacial score (nSPS) is 18.3. The van der Waals surface area contributed by atoms with Crippen LogP contribution < -0.4 is 11.1 Å². The molecule has 5 heteroatoms. The predicted molar refractivity (Wildman–Crippen MR) is 85.6 cm³/mol. The van der Waals surface area contributed by atoms with Gasteiger partial charge in [-0.2, -0.15) is 5.10 Å². The van der Waals surface area contributed by atoms with Gasteiger partial charge in [-0.15, -0.1) is 0 Å². The van der Waals surface area contributed by atoms with Crippen LogP contribution in [-0.4, -0.2) is 26.7 Å². The fourth-order valence-corrected chi connectivity index (χ4v) is 3.18. The van der Waals surface area contributed by atoms with Crippen LogP contribution in [0.3, 0.4) is 0 Å². The second-order valence-electron chi connectivity index (χ2n) is 6.50. The molecule has 2 aromatic heterocycles. The first kappa shape index (κ1) is 14.3. The zero-order chi connectivity index (χ0) is 14.9. The van der Waals surface area contributed by atoms with E-state index in [1.807, 2.05) is 10.7 Å².